The fourth-order valence-corrected chi connectivity index (χ4v) is 1.87. The summed E-state index contributed by atoms with van der Waals surface area (Å²) in [5.41, 5.74) is 2.26. The Labute approximate surface area is 92.5 Å². The van der Waals surface area contributed by atoms with E-state index in [4.69, 9.17) is 5.11 Å². The van der Waals surface area contributed by atoms with Crippen LogP contribution >= 0.6 is 0 Å². The molecule has 0 fully saturated rings. The summed E-state index contributed by atoms with van der Waals surface area (Å²) in [6.07, 6.45) is 0. The Morgan fingerprint density at radius 3 is 2.40 bits per heavy atom. The Morgan fingerprint density at radius 1 is 1.27 bits per heavy atom. The third kappa shape index (κ3) is 2.96. The highest BCUT2D eigenvalue weighted by molar-refractivity contribution is 5.50. The molecule has 0 aromatic heterocycles. The van der Waals surface area contributed by atoms with E-state index in [9.17, 15) is 0 Å². The van der Waals surface area contributed by atoms with Gasteiger partial charge in [0.25, 0.3) is 0 Å². The Bertz CT molecular complexity index is 315. The van der Waals surface area contributed by atoms with Gasteiger partial charge in [0.1, 0.15) is 0 Å². The zero-order valence-corrected chi connectivity index (χ0v) is 10.1. The molecule has 15 heavy (non-hydrogen) atoms. The van der Waals surface area contributed by atoms with Crippen LogP contribution < -0.4 is 4.90 Å². The molecule has 0 amide bonds. The normalized spacial score (nSPS) is 11.5. The van der Waals surface area contributed by atoms with E-state index in [1.54, 1.807) is 0 Å². The van der Waals surface area contributed by atoms with Crippen molar-refractivity contribution in [2.45, 2.75) is 39.8 Å². The lowest BCUT2D eigenvalue weighted by atomic mass is 10.0. The van der Waals surface area contributed by atoms with Crippen molar-refractivity contribution in [3.05, 3.63) is 29.8 Å². The van der Waals surface area contributed by atoms with Crippen LogP contribution in [0.3, 0.4) is 0 Å². The van der Waals surface area contributed by atoms with E-state index >= 15 is 0 Å². The van der Waals surface area contributed by atoms with Crippen molar-refractivity contribution in [3.8, 4) is 0 Å². The third-order valence-corrected chi connectivity index (χ3v) is 2.53. The summed E-state index contributed by atoms with van der Waals surface area (Å²) in [5, 5.41) is 9.10. The predicted molar refractivity (Wildman–Crippen MR) is 65.1 cm³/mol. The fourth-order valence-electron chi connectivity index (χ4n) is 1.87. The molecule has 1 aromatic rings. The maximum absolute atomic E-state index is 9.10. The van der Waals surface area contributed by atoms with Gasteiger partial charge in [-0.2, -0.15) is 0 Å². The monoisotopic (exact) mass is 207 g/mol. The summed E-state index contributed by atoms with van der Waals surface area (Å²) in [7, 11) is 0. The highest BCUT2D eigenvalue weighted by atomic mass is 16.3. The van der Waals surface area contributed by atoms with Crippen LogP contribution in [0.4, 0.5) is 5.69 Å². The predicted octanol–water partition coefficient (Wildman–Crippen LogP) is 2.80. The van der Waals surface area contributed by atoms with Crippen molar-refractivity contribution < 1.29 is 5.11 Å². The Balaban J connectivity index is 3.02. The molecule has 0 bridgehead atoms. The van der Waals surface area contributed by atoms with Crippen LogP contribution in [0.15, 0.2) is 24.3 Å². The average Bonchev–Trinajstić information content (AvgIpc) is 2.17. The summed E-state index contributed by atoms with van der Waals surface area (Å²) in [4.78, 5) is 2.33. The molecule has 0 aliphatic carbocycles. The highest BCUT2D eigenvalue weighted by Gasteiger charge is 2.19. The van der Waals surface area contributed by atoms with E-state index in [-0.39, 0.29) is 12.1 Å². The standard InChI is InChI=1S/C13H21NO/c1-5-14(13(2,3)4)12-8-6-7-11(9-12)10-15/h6-9,15H,5,10H2,1-4H3. The first-order valence-corrected chi connectivity index (χ1v) is 5.46. The summed E-state index contributed by atoms with van der Waals surface area (Å²) < 4.78 is 0. The minimum Gasteiger partial charge on any atom is -0.392 e. The average molecular weight is 207 g/mol. The fraction of sp³-hybridized carbons (Fsp3) is 0.538. The molecule has 0 radical (unpaired) electrons. The molecular weight excluding hydrogens is 186 g/mol. The van der Waals surface area contributed by atoms with Gasteiger partial charge in [-0.1, -0.05) is 12.1 Å². The van der Waals surface area contributed by atoms with Gasteiger partial charge in [-0.15, -0.1) is 0 Å². The van der Waals surface area contributed by atoms with Gasteiger partial charge in [-0.05, 0) is 45.4 Å². The van der Waals surface area contributed by atoms with Crippen molar-refractivity contribution in [3.63, 3.8) is 0 Å². The molecule has 0 aliphatic heterocycles. The topological polar surface area (TPSA) is 23.5 Å². The molecule has 0 unspecified atom stereocenters. The zero-order valence-electron chi connectivity index (χ0n) is 10.1. The van der Waals surface area contributed by atoms with Gasteiger partial charge in [0.15, 0.2) is 0 Å². The first-order chi connectivity index (χ1) is 6.99. The van der Waals surface area contributed by atoms with Crippen LogP contribution in [0.2, 0.25) is 0 Å². The Kier molecular flexibility index (Phi) is 3.75. The van der Waals surface area contributed by atoms with Gasteiger partial charge in [-0.25, -0.2) is 0 Å². The molecule has 0 atom stereocenters. The number of hydrogen-bond donors (Lipinski definition) is 1. The first-order valence-electron chi connectivity index (χ1n) is 5.46. The second-order valence-corrected chi connectivity index (χ2v) is 4.74. The quantitative estimate of drug-likeness (QED) is 0.824. The van der Waals surface area contributed by atoms with Crippen molar-refractivity contribution in [1.29, 1.82) is 0 Å². The van der Waals surface area contributed by atoms with Gasteiger partial charge in [0.2, 0.25) is 0 Å². The maximum Gasteiger partial charge on any atom is 0.0682 e. The molecule has 2 heteroatoms. The zero-order chi connectivity index (χ0) is 11.5. The largest absolute Gasteiger partial charge is 0.392 e. The van der Waals surface area contributed by atoms with Crippen molar-refractivity contribution >= 4 is 5.69 Å². The molecular formula is C13H21NO. The van der Waals surface area contributed by atoms with Gasteiger partial charge in [-0.3, -0.25) is 0 Å². The second-order valence-electron chi connectivity index (χ2n) is 4.74. The maximum atomic E-state index is 9.10. The van der Waals surface area contributed by atoms with Crippen LogP contribution in [0.1, 0.15) is 33.3 Å². The van der Waals surface area contributed by atoms with E-state index in [0.717, 1.165) is 12.1 Å². The molecule has 0 saturated heterocycles. The number of benzene rings is 1. The minimum atomic E-state index is 0.107. The second kappa shape index (κ2) is 4.67. The molecule has 0 heterocycles. The van der Waals surface area contributed by atoms with Crippen LogP contribution in [-0.2, 0) is 6.61 Å². The molecule has 1 rings (SSSR count). The van der Waals surface area contributed by atoms with Gasteiger partial charge < -0.3 is 10.0 Å². The third-order valence-electron chi connectivity index (χ3n) is 2.53. The number of rotatable bonds is 3. The SMILES string of the molecule is CCN(c1cccc(CO)c1)C(C)(C)C. The van der Waals surface area contributed by atoms with Crippen LogP contribution in [0, 0.1) is 0 Å². The van der Waals surface area contributed by atoms with Crippen molar-refractivity contribution in [1.82, 2.24) is 0 Å². The van der Waals surface area contributed by atoms with E-state index in [2.05, 4.69) is 44.7 Å². The number of hydrogen-bond acceptors (Lipinski definition) is 2. The lowest BCUT2D eigenvalue weighted by Crippen LogP contribution is -2.41. The summed E-state index contributed by atoms with van der Waals surface area (Å²) in [6.45, 7) is 9.82. The Hall–Kier alpha value is -1.02. The molecule has 2 nitrogen and oxygen atoms in total. The van der Waals surface area contributed by atoms with Crippen LogP contribution in [-0.4, -0.2) is 17.2 Å². The van der Waals surface area contributed by atoms with E-state index in [1.807, 2.05) is 12.1 Å². The van der Waals surface area contributed by atoms with Gasteiger partial charge in [0.05, 0.1) is 6.61 Å². The number of aliphatic hydroxyl groups excluding tert-OH is 1. The van der Waals surface area contributed by atoms with E-state index < -0.39 is 0 Å². The van der Waals surface area contributed by atoms with Crippen LogP contribution in [0.25, 0.3) is 0 Å². The Morgan fingerprint density at radius 2 is 1.93 bits per heavy atom. The van der Waals surface area contributed by atoms with Crippen LogP contribution in [0.5, 0.6) is 0 Å². The first kappa shape index (κ1) is 12.1. The lowest BCUT2D eigenvalue weighted by Gasteiger charge is -2.37. The van der Waals surface area contributed by atoms with E-state index in [0.29, 0.717) is 0 Å². The molecule has 1 aromatic carbocycles. The molecule has 0 saturated carbocycles. The number of nitrogens with zero attached hydrogens (tertiary/aromatic N) is 1. The number of aliphatic hydroxyl groups is 1. The van der Waals surface area contributed by atoms with Crippen molar-refractivity contribution in [2.75, 3.05) is 11.4 Å². The molecule has 84 valence electrons. The van der Waals surface area contributed by atoms with Crippen molar-refractivity contribution in [2.24, 2.45) is 0 Å². The number of anilines is 1. The highest BCUT2D eigenvalue weighted by Crippen LogP contribution is 2.24. The summed E-state index contributed by atoms with van der Waals surface area (Å²) in [5.74, 6) is 0. The lowest BCUT2D eigenvalue weighted by molar-refractivity contribution is 0.282. The van der Waals surface area contributed by atoms with Gasteiger partial charge >= 0.3 is 0 Å². The van der Waals surface area contributed by atoms with E-state index in [1.165, 1.54) is 5.69 Å². The molecule has 1 N–H and O–H groups in total. The molecule has 0 aliphatic rings. The summed E-state index contributed by atoms with van der Waals surface area (Å²) >= 11 is 0. The van der Waals surface area contributed by atoms with Gasteiger partial charge in [0, 0.05) is 17.8 Å². The summed E-state index contributed by atoms with van der Waals surface area (Å²) in [6, 6.07) is 8.08. The smallest absolute Gasteiger partial charge is 0.0682 e. The minimum absolute atomic E-state index is 0.107. The molecule has 0 spiro atoms.